The molecule has 20 heavy (non-hydrogen) atoms. The Morgan fingerprint density at radius 2 is 1.60 bits per heavy atom. The summed E-state index contributed by atoms with van der Waals surface area (Å²) < 4.78 is 15.3. The normalized spacial score (nSPS) is 12.4. The molecule has 1 nitrogen and oxygen atoms in total. The Balaban J connectivity index is 1.94. The average Bonchev–Trinajstić information content (AvgIpc) is 2.56. The number of aromatic nitrogens is 1. The van der Waals surface area contributed by atoms with Crippen molar-refractivity contribution in [1.82, 2.24) is 4.98 Å². The Morgan fingerprint density at radius 3 is 2.55 bits per heavy atom. The van der Waals surface area contributed by atoms with Crippen molar-refractivity contribution in [1.29, 1.82) is 0 Å². The molecule has 4 rings (SSSR count). The van der Waals surface area contributed by atoms with E-state index in [0.717, 1.165) is 16.6 Å². The van der Waals surface area contributed by atoms with Gasteiger partial charge < -0.3 is 0 Å². The minimum absolute atomic E-state index is 0.149. The van der Waals surface area contributed by atoms with Crippen LogP contribution in [0.1, 0.15) is 2.74 Å². The molecule has 1 aromatic heterocycles. The van der Waals surface area contributed by atoms with Gasteiger partial charge in [-0.25, -0.2) is 0 Å². The van der Waals surface area contributed by atoms with Crippen LogP contribution in [0.15, 0.2) is 78.9 Å². The van der Waals surface area contributed by atoms with Crippen LogP contribution in [-0.2, 0) is 0 Å². The standard InChI is InChI=1S/C19H13N/c1-2-6-17-14(5-1)8-9-15-13-16(10-11-18(15)17)19-7-3-4-12-20-19/h1-13H/i3D,4D. The predicted molar refractivity (Wildman–Crippen MR) is 84.7 cm³/mol. The molecule has 0 spiro atoms. The quantitative estimate of drug-likeness (QED) is 0.434. The monoisotopic (exact) mass is 257 g/mol. The van der Waals surface area contributed by atoms with Crippen molar-refractivity contribution in [3.63, 3.8) is 0 Å². The molecule has 1 heteroatoms. The zero-order valence-corrected chi connectivity index (χ0v) is 10.8. The topological polar surface area (TPSA) is 12.9 Å². The molecule has 0 radical (unpaired) electrons. The highest BCUT2D eigenvalue weighted by atomic mass is 14.7. The third-order valence-corrected chi connectivity index (χ3v) is 3.60. The summed E-state index contributed by atoms with van der Waals surface area (Å²) >= 11 is 0. The van der Waals surface area contributed by atoms with Crippen LogP contribution in [0.4, 0.5) is 0 Å². The van der Waals surface area contributed by atoms with Gasteiger partial charge in [-0.2, -0.15) is 0 Å². The second-order valence-corrected chi connectivity index (χ2v) is 4.80. The minimum Gasteiger partial charge on any atom is -0.256 e. The van der Waals surface area contributed by atoms with Crippen molar-refractivity contribution >= 4 is 21.5 Å². The van der Waals surface area contributed by atoms with Crippen molar-refractivity contribution in [2.24, 2.45) is 0 Å². The molecule has 0 N–H and O–H groups in total. The SMILES string of the molecule is [2H]c1cnc(-c2ccc3c(ccc4ccccc43)c2)cc1[2H]. The maximum atomic E-state index is 7.75. The summed E-state index contributed by atoms with van der Waals surface area (Å²) in [5.41, 5.74) is 1.70. The number of pyridine rings is 1. The lowest BCUT2D eigenvalue weighted by molar-refractivity contribution is 1.33. The molecular formula is C19H13N. The molecule has 0 saturated heterocycles. The zero-order valence-electron chi connectivity index (χ0n) is 12.8. The largest absolute Gasteiger partial charge is 0.256 e. The van der Waals surface area contributed by atoms with E-state index in [1.165, 1.54) is 22.4 Å². The third kappa shape index (κ3) is 1.76. The number of benzene rings is 3. The van der Waals surface area contributed by atoms with Gasteiger partial charge in [0.2, 0.25) is 0 Å². The minimum atomic E-state index is 0.149. The van der Waals surface area contributed by atoms with Gasteiger partial charge in [0.05, 0.1) is 8.44 Å². The van der Waals surface area contributed by atoms with Crippen LogP contribution >= 0.6 is 0 Å². The summed E-state index contributed by atoms with van der Waals surface area (Å²) in [4.78, 5) is 4.27. The van der Waals surface area contributed by atoms with Gasteiger partial charge in [0.15, 0.2) is 0 Å². The van der Waals surface area contributed by atoms with Crippen LogP contribution in [0.25, 0.3) is 32.8 Å². The van der Waals surface area contributed by atoms with E-state index in [9.17, 15) is 0 Å². The average molecular weight is 257 g/mol. The Hall–Kier alpha value is -2.67. The number of fused-ring (bicyclic) bond motifs is 3. The van der Waals surface area contributed by atoms with E-state index in [-0.39, 0.29) is 12.1 Å². The van der Waals surface area contributed by atoms with Gasteiger partial charge in [-0.1, -0.05) is 54.6 Å². The molecule has 0 bridgehead atoms. The van der Waals surface area contributed by atoms with Gasteiger partial charge in [-0.05, 0) is 39.7 Å². The Kier molecular flexibility index (Phi) is 2.07. The Morgan fingerprint density at radius 1 is 0.750 bits per heavy atom. The van der Waals surface area contributed by atoms with E-state index in [0.29, 0.717) is 0 Å². The first-order valence-corrected chi connectivity index (χ1v) is 6.57. The van der Waals surface area contributed by atoms with Crippen molar-refractivity contribution in [3.05, 3.63) is 78.9 Å². The maximum Gasteiger partial charge on any atom is 0.0702 e. The maximum absolute atomic E-state index is 7.75. The van der Waals surface area contributed by atoms with Crippen molar-refractivity contribution in [2.75, 3.05) is 0 Å². The summed E-state index contributed by atoms with van der Waals surface area (Å²) in [6.07, 6.45) is 1.43. The predicted octanol–water partition coefficient (Wildman–Crippen LogP) is 5.06. The lowest BCUT2D eigenvalue weighted by Crippen LogP contribution is -1.83. The molecular weight excluding hydrogens is 242 g/mol. The smallest absolute Gasteiger partial charge is 0.0702 e. The first-order valence-electron chi connectivity index (χ1n) is 7.57. The molecule has 0 saturated carbocycles. The van der Waals surface area contributed by atoms with Gasteiger partial charge in [-0.15, -0.1) is 0 Å². The van der Waals surface area contributed by atoms with Crippen molar-refractivity contribution in [3.8, 4) is 11.3 Å². The van der Waals surface area contributed by atoms with Crippen LogP contribution in [-0.4, -0.2) is 4.98 Å². The highest BCUT2D eigenvalue weighted by Crippen LogP contribution is 2.28. The fourth-order valence-electron chi connectivity index (χ4n) is 2.62. The molecule has 4 aromatic rings. The molecule has 0 unspecified atom stereocenters. The first kappa shape index (κ1) is 9.27. The molecule has 3 aromatic carbocycles. The second-order valence-electron chi connectivity index (χ2n) is 4.80. The summed E-state index contributed by atoms with van der Waals surface area (Å²) in [6.45, 7) is 0. The number of hydrogen-bond donors (Lipinski definition) is 0. The van der Waals surface area contributed by atoms with E-state index >= 15 is 0 Å². The Labute approximate surface area is 120 Å². The van der Waals surface area contributed by atoms with Crippen LogP contribution in [0.5, 0.6) is 0 Å². The summed E-state index contributed by atoms with van der Waals surface area (Å²) in [5, 5.41) is 4.83. The van der Waals surface area contributed by atoms with Crippen LogP contribution in [0, 0.1) is 0 Å². The first-order chi connectivity index (χ1) is 10.7. The zero-order chi connectivity index (χ0) is 15.1. The number of nitrogens with zero attached hydrogens (tertiary/aromatic N) is 1. The number of rotatable bonds is 1. The van der Waals surface area contributed by atoms with Gasteiger partial charge in [-0.3, -0.25) is 4.98 Å². The summed E-state index contributed by atoms with van der Waals surface area (Å²) in [7, 11) is 0. The van der Waals surface area contributed by atoms with Crippen LogP contribution < -0.4 is 0 Å². The van der Waals surface area contributed by atoms with Gasteiger partial charge in [0.1, 0.15) is 0 Å². The molecule has 0 fully saturated rings. The summed E-state index contributed by atoms with van der Waals surface area (Å²) in [6, 6.07) is 20.8. The third-order valence-electron chi connectivity index (χ3n) is 3.60. The van der Waals surface area contributed by atoms with E-state index in [1.807, 2.05) is 12.1 Å². The van der Waals surface area contributed by atoms with Crippen LogP contribution in [0.3, 0.4) is 0 Å². The lowest BCUT2D eigenvalue weighted by atomic mass is 9.99. The van der Waals surface area contributed by atoms with Gasteiger partial charge >= 0.3 is 0 Å². The van der Waals surface area contributed by atoms with E-state index < -0.39 is 0 Å². The second kappa shape index (κ2) is 4.46. The van der Waals surface area contributed by atoms with Gasteiger partial charge in [0.25, 0.3) is 0 Å². The van der Waals surface area contributed by atoms with Crippen LogP contribution in [0.2, 0.25) is 0 Å². The van der Waals surface area contributed by atoms with Crippen molar-refractivity contribution in [2.45, 2.75) is 0 Å². The molecule has 1 heterocycles. The highest BCUT2D eigenvalue weighted by Gasteiger charge is 2.03. The Bertz CT molecular complexity index is 1010. The fourth-order valence-corrected chi connectivity index (χ4v) is 2.62. The van der Waals surface area contributed by atoms with E-state index in [2.05, 4.69) is 47.4 Å². The molecule has 0 aliphatic heterocycles. The lowest BCUT2D eigenvalue weighted by Gasteiger charge is -2.06. The van der Waals surface area contributed by atoms with Gasteiger partial charge in [0, 0.05) is 11.8 Å². The molecule has 0 aliphatic carbocycles. The fraction of sp³-hybridized carbons (Fsp3) is 0. The van der Waals surface area contributed by atoms with Crippen molar-refractivity contribution < 1.29 is 2.74 Å². The van der Waals surface area contributed by atoms with E-state index in [4.69, 9.17) is 2.74 Å². The molecule has 0 aliphatic rings. The highest BCUT2D eigenvalue weighted by molar-refractivity contribution is 6.08. The summed E-state index contributed by atoms with van der Waals surface area (Å²) in [5.74, 6) is 0. The number of hydrogen-bond acceptors (Lipinski definition) is 1. The molecule has 0 atom stereocenters. The molecule has 94 valence electrons. The van der Waals surface area contributed by atoms with E-state index in [1.54, 1.807) is 6.07 Å². The molecule has 0 amide bonds.